The van der Waals surface area contributed by atoms with Crippen LogP contribution >= 0.6 is 23.2 Å². The van der Waals surface area contributed by atoms with E-state index in [1.54, 1.807) is 19.1 Å². The third kappa shape index (κ3) is 9.12. The molecular weight excluding hydrogens is 513 g/mol. The summed E-state index contributed by atoms with van der Waals surface area (Å²) in [6.07, 6.45) is 0.897. The maximum Gasteiger partial charge on any atom is 0.262 e. The molecule has 3 aromatic rings. The van der Waals surface area contributed by atoms with Crippen molar-refractivity contribution >= 4 is 41.2 Å². The predicted molar refractivity (Wildman–Crippen MR) is 147 cm³/mol. The Kier molecular flexibility index (Phi) is 10.4. The molecule has 194 valence electrons. The van der Waals surface area contributed by atoms with Gasteiger partial charge in [0.05, 0.1) is 17.3 Å². The van der Waals surface area contributed by atoms with Crippen LogP contribution in [0.2, 0.25) is 10.0 Å². The summed E-state index contributed by atoms with van der Waals surface area (Å²) in [5.41, 5.74) is 4.15. The molecule has 0 heterocycles. The standard InChI is InChI=1S/C28H29Cl2N3O4/c1-18(2)36-23-11-7-10-21(14-23)17-31-33-28(35)25(15-20-8-5-4-6-9-20)32-27(34)19(3)37-26-13-12-22(29)16-24(26)30/h4-14,16-19,25H,15H2,1-3H3,(H,32,34)(H,33,35)/b31-17-/t19-,25+/m1/s1. The van der Waals surface area contributed by atoms with Gasteiger partial charge < -0.3 is 14.8 Å². The van der Waals surface area contributed by atoms with Crippen molar-refractivity contribution in [3.8, 4) is 11.5 Å². The molecule has 0 spiro atoms. The van der Waals surface area contributed by atoms with E-state index in [1.807, 2.05) is 68.4 Å². The average Bonchev–Trinajstić information content (AvgIpc) is 2.85. The summed E-state index contributed by atoms with van der Waals surface area (Å²) in [4.78, 5) is 25.9. The molecule has 0 radical (unpaired) electrons. The molecule has 7 nitrogen and oxygen atoms in total. The predicted octanol–water partition coefficient (Wildman–Crippen LogP) is 5.43. The molecule has 9 heteroatoms. The molecule has 0 fully saturated rings. The van der Waals surface area contributed by atoms with Crippen molar-refractivity contribution in [1.29, 1.82) is 0 Å². The lowest BCUT2D eigenvalue weighted by Gasteiger charge is -2.21. The molecule has 0 aliphatic carbocycles. The lowest BCUT2D eigenvalue weighted by atomic mass is 10.1. The maximum absolute atomic E-state index is 13.0. The number of carbonyl (C=O) groups is 2. The number of amides is 2. The average molecular weight is 542 g/mol. The van der Waals surface area contributed by atoms with Crippen LogP contribution in [0.15, 0.2) is 77.9 Å². The van der Waals surface area contributed by atoms with Crippen LogP contribution in [0, 0.1) is 0 Å². The van der Waals surface area contributed by atoms with Crippen LogP contribution in [0.25, 0.3) is 0 Å². The third-order valence-corrected chi connectivity index (χ3v) is 5.63. The second kappa shape index (κ2) is 13.7. The van der Waals surface area contributed by atoms with Crippen LogP contribution in [-0.4, -0.2) is 36.3 Å². The number of hydrogen-bond donors (Lipinski definition) is 2. The third-order valence-electron chi connectivity index (χ3n) is 5.10. The number of carbonyl (C=O) groups excluding carboxylic acids is 2. The number of nitrogens with zero attached hydrogens (tertiary/aromatic N) is 1. The minimum Gasteiger partial charge on any atom is -0.491 e. The smallest absolute Gasteiger partial charge is 0.262 e. The van der Waals surface area contributed by atoms with Gasteiger partial charge in [0.25, 0.3) is 11.8 Å². The Morgan fingerprint density at radius 3 is 2.38 bits per heavy atom. The number of halogens is 2. The summed E-state index contributed by atoms with van der Waals surface area (Å²) in [7, 11) is 0. The molecule has 0 saturated carbocycles. The van der Waals surface area contributed by atoms with Crippen LogP contribution in [0.1, 0.15) is 31.9 Å². The summed E-state index contributed by atoms with van der Waals surface area (Å²) in [6, 6.07) is 20.5. The molecular formula is C28H29Cl2N3O4. The fourth-order valence-corrected chi connectivity index (χ4v) is 3.80. The summed E-state index contributed by atoms with van der Waals surface area (Å²) >= 11 is 12.1. The van der Waals surface area contributed by atoms with Crippen LogP contribution in [0.4, 0.5) is 0 Å². The number of benzene rings is 3. The second-order valence-corrected chi connectivity index (χ2v) is 9.40. The van der Waals surface area contributed by atoms with Crippen LogP contribution in [0.3, 0.4) is 0 Å². The van der Waals surface area contributed by atoms with E-state index in [2.05, 4.69) is 15.8 Å². The van der Waals surface area contributed by atoms with Crippen LogP contribution < -0.4 is 20.2 Å². The Hall–Kier alpha value is -3.55. The van der Waals surface area contributed by atoms with Gasteiger partial charge in [-0.25, -0.2) is 5.43 Å². The van der Waals surface area contributed by atoms with Gasteiger partial charge in [0.2, 0.25) is 0 Å². The van der Waals surface area contributed by atoms with Gasteiger partial charge in [0, 0.05) is 11.4 Å². The highest BCUT2D eigenvalue weighted by Crippen LogP contribution is 2.28. The molecule has 2 atom stereocenters. The zero-order valence-electron chi connectivity index (χ0n) is 20.8. The highest BCUT2D eigenvalue weighted by atomic mass is 35.5. The SMILES string of the molecule is CC(C)Oc1cccc(/C=N\NC(=O)[C@H](Cc2ccccc2)NC(=O)[C@@H](C)Oc2ccc(Cl)cc2Cl)c1. The van der Waals surface area contributed by atoms with Crippen molar-refractivity contribution in [3.05, 3.63) is 94.0 Å². The largest absolute Gasteiger partial charge is 0.491 e. The monoisotopic (exact) mass is 541 g/mol. The van der Waals surface area contributed by atoms with Crippen LogP contribution in [-0.2, 0) is 16.0 Å². The zero-order chi connectivity index (χ0) is 26.8. The van der Waals surface area contributed by atoms with Gasteiger partial charge in [-0.2, -0.15) is 5.10 Å². The Balaban J connectivity index is 1.68. The van der Waals surface area contributed by atoms with Crippen molar-refractivity contribution < 1.29 is 19.1 Å². The molecule has 2 N–H and O–H groups in total. The first-order valence-corrected chi connectivity index (χ1v) is 12.5. The first kappa shape index (κ1) is 28.0. The van der Waals surface area contributed by atoms with Gasteiger partial charge in [0.1, 0.15) is 17.5 Å². The minimum atomic E-state index is -0.919. The van der Waals surface area contributed by atoms with Gasteiger partial charge in [0.15, 0.2) is 6.10 Å². The topological polar surface area (TPSA) is 89.0 Å². The molecule has 0 unspecified atom stereocenters. The van der Waals surface area contributed by atoms with Crippen molar-refractivity contribution in [2.45, 2.75) is 45.4 Å². The lowest BCUT2D eigenvalue weighted by Crippen LogP contribution is -2.50. The molecule has 0 aliphatic heterocycles. The fourth-order valence-electron chi connectivity index (χ4n) is 3.35. The van der Waals surface area contributed by atoms with E-state index < -0.39 is 24.0 Å². The van der Waals surface area contributed by atoms with E-state index in [9.17, 15) is 9.59 Å². The first-order valence-electron chi connectivity index (χ1n) is 11.8. The molecule has 37 heavy (non-hydrogen) atoms. The molecule has 0 aromatic heterocycles. The van der Waals surface area contributed by atoms with Gasteiger partial charge >= 0.3 is 0 Å². The second-order valence-electron chi connectivity index (χ2n) is 8.56. The number of nitrogens with one attached hydrogen (secondary N) is 2. The van der Waals surface area contributed by atoms with Crippen LogP contribution in [0.5, 0.6) is 11.5 Å². The molecule has 0 bridgehead atoms. The molecule has 0 aliphatic rings. The van der Waals surface area contributed by atoms with Gasteiger partial charge in [-0.3, -0.25) is 9.59 Å². The zero-order valence-corrected chi connectivity index (χ0v) is 22.3. The summed E-state index contributed by atoms with van der Waals surface area (Å²) < 4.78 is 11.4. The number of ether oxygens (including phenoxy) is 2. The first-order chi connectivity index (χ1) is 17.7. The Morgan fingerprint density at radius 1 is 0.919 bits per heavy atom. The Morgan fingerprint density at radius 2 is 1.68 bits per heavy atom. The van der Waals surface area contributed by atoms with E-state index in [0.717, 1.165) is 11.1 Å². The van der Waals surface area contributed by atoms with Gasteiger partial charge in [-0.15, -0.1) is 0 Å². The lowest BCUT2D eigenvalue weighted by molar-refractivity contribution is -0.132. The van der Waals surface area contributed by atoms with E-state index in [0.29, 0.717) is 16.5 Å². The van der Waals surface area contributed by atoms with E-state index in [1.165, 1.54) is 12.3 Å². The summed E-state index contributed by atoms with van der Waals surface area (Å²) in [5.74, 6) is 0.0599. The maximum atomic E-state index is 13.0. The molecule has 3 aromatic carbocycles. The number of hydrogen-bond acceptors (Lipinski definition) is 5. The van der Waals surface area contributed by atoms with Crippen molar-refractivity contribution in [1.82, 2.24) is 10.7 Å². The quantitative estimate of drug-likeness (QED) is 0.250. The van der Waals surface area contributed by atoms with Gasteiger partial charge in [-0.1, -0.05) is 65.7 Å². The van der Waals surface area contributed by atoms with E-state index in [4.69, 9.17) is 32.7 Å². The minimum absolute atomic E-state index is 0.0383. The highest BCUT2D eigenvalue weighted by Gasteiger charge is 2.25. The van der Waals surface area contributed by atoms with E-state index >= 15 is 0 Å². The molecule has 0 saturated heterocycles. The van der Waals surface area contributed by atoms with E-state index in [-0.39, 0.29) is 17.5 Å². The Bertz CT molecular complexity index is 1240. The highest BCUT2D eigenvalue weighted by molar-refractivity contribution is 6.35. The number of hydrazone groups is 1. The Labute approximate surface area is 226 Å². The normalized spacial score (nSPS) is 12.7. The van der Waals surface area contributed by atoms with Crippen molar-refractivity contribution in [3.63, 3.8) is 0 Å². The molecule has 3 rings (SSSR count). The fraction of sp³-hybridized carbons (Fsp3) is 0.250. The number of rotatable bonds is 11. The van der Waals surface area contributed by atoms with Crippen molar-refractivity contribution in [2.24, 2.45) is 5.10 Å². The van der Waals surface area contributed by atoms with Crippen molar-refractivity contribution in [2.75, 3.05) is 0 Å². The summed E-state index contributed by atoms with van der Waals surface area (Å²) in [5, 5.41) is 7.56. The molecule has 2 amide bonds. The van der Waals surface area contributed by atoms with Gasteiger partial charge in [-0.05, 0) is 62.2 Å². The summed E-state index contributed by atoms with van der Waals surface area (Å²) in [6.45, 7) is 5.46.